The average Bonchev–Trinajstić information content (AvgIpc) is 2.37. The van der Waals surface area contributed by atoms with Gasteiger partial charge in [-0.05, 0) is 37.1 Å². The number of nitrogens with one attached hydrogen (secondary N) is 1. The third kappa shape index (κ3) is 5.98. The summed E-state index contributed by atoms with van der Waals surface area (Å²) < 4.78 is 33.8. The molecular formula is C14H21F2NO2. The lowest BCUT2D eigenvalue weighted by Crippen LogP contribution is -2.21. The van der Waals surface area contributed by atoms with Crippen LogP contribution in [0.5, 0.6) is 5.75 Å². The second-order valence-electron chi connectivity index (χ2n) is 4.20. The van der Waals surface area contributed by atoms with Gasteiger partial charge < -0.3 is 14.8 Å². The van der Waals surface area contributed by atoms with Crippen LogP contribution in [0.3, 0.4) is 0 Å². The minimum absolute atomic E-state index is 0.126. The molecule has 1 atom stereocenters. The number of methoxy groups -OCH3 is 1. The summed E-state index contributed by atoms with van der Waals surface area (Å²) in [6, 6.07) is 6.97. The number of halogens is 2. The molecule has 0 aromatic heterocycles. The fraction of sp³-hybridized carbons (Fsp3) is 0.571. The molecule has 0 aliphatic carbocycles. The third-order valence-corrected chi connectivity index (χ3v) is 2.78. The zero-order valence-electron chi connectivity index (χ0n) is 11.4. The van der Waals surface area contributed by atoms with Crippen LogP contribution in [0.1, 0.15) is 31.4 Å². The van der Waals surface area contributed by atoms with E-state index in [9.17, 15) is 8.78 Å². The molecule has 1 aromatic carbocycles. The van der Waals surface area contributed by atoms with E-state index in [0.29, 0.717) is 6.61 Å². The van der Waals surface area contributed by atoms with Gasteiger partial charge in [0.15, 0.2) is 0 Å². The molecule has 3 nitrogen and oxygen atoms in total. The van der Waals surface area contributed by atoms with Crippen LogP contribution in [-0.2, 0) is 4.74 Å². The van der Waals surface area contributed by atoms with E-state index >= 15 is 0 Å². The summed E-state index contributed by atoms with van der Waals surface area (Å²) in [6.07, 6.45) is 1.80. The van der Waals surface area contributed by atoms with Gasteiger partial charge in [0, 0.05) is 19.8 Å². The summed E-state index contributed by atoms with van der Waals surface area (Å²) in [7, 11) is 1.67. The van der Waals surface area contributed by atoms with E-state index in [2.05, 4.69) is 10.1 Å². The normalized spacial score (nSPS) is 12.7. The highest BCUT2D eigenvalue weighted by Gasteiger charge is 2.12. The number of rotatable bonds is 9. The first kappa shape index (κ1) is 15.9. The summed E-state index contributed by atoms with van der Waals surface area (Å²) in [6.45, 7) is 0.733. The van der Waals surface area contributed by atoms with Crippen molar-refractivity contribution in [2.45, 2.75) is 32.4 Å². The van der Waals surface area contributed by atoms with Crippen LogP contribution >= 0.6 is 0 Å². The van der Waals surface area contributed by atoms with Gasteiger partial charge in [-0.15, -0.1) is 0 Å². The Morgan fingerprint density at radius 3 is 2.74 bits per heavy atom. The Morgan fingerprint density at radius 1 is 1.32 bits per heavy atom. The monoisotopic (exact) mass is 273 g/mol. The van der Waals surface area contributed by atoms with Crippen LogP contribution in [0.25, 0.3) is 0 Å². The van der Waals surface area contributed by atoms with Gasteiger partial charge in [-0.2, -0.15) is 8.78 Å². The Labute approximate surface area is 112 Å². The van der Waals surface area contributed by atoms with E-state index in [1.54, 1.807) is 19.2 Å². The molecule has 1 aromatic rings. The van der Waals surface area contributed by atoms with Crippen molar-refractivity contribution in [1.82, 2.24) is 5.32 Å². The predicted molar refractivity (Wildman–Crippen MR) is 70.6 cm³/mol. The van der Waals surface area contributed by atoms with Crippen LogP contribution in [-0.4, -0.2) is 26.9 Å². The predicted octanol–water partition coefficient (Wildman–Crippen LogP) is 3.37. The van der Waals surface area contributed by atoms with Gasteiger partial charge in [0.25, 0.3) is 0 Å². The Kier molecular flexibility index (Phi) is 7.36. The van der Waals surface area contributed by atoms with Crippen molar-refractivity contribution in [3.8, 4) is 5.75 Å². The largest absolute Gasteiger partial charge is 0.435 e. The Balaban J connectivity index is 2.71. The second kappa shape index (κ2) is 8.82. The SMILES string of the molecule is CCNC(CCCOC)c1cccc(OC(F)F)c1. The first-order valence-electron chi connectivity index (χ1n) is 6.44. The highest BCUT2D eigenvalue weighted by Crippen LogP contribution is 2.23. The smallest absolute Gasteiger partial charge is 0.387 e. The van der Waals surface area contributed by atoms with Crippen LogP contribution in [0.2, 0.25) is 0 Å². The first-order chi connectivity index (χ1) is 9.17. The fourth-order valence-corrected chi connectivity index (χ4v) is 1.97. The molecule has 108 valence electrons. The third-order valence-electron chi connectivity index (χ3n) is 2.78. The molecule has 0 saturated heterocycles. The Hall–Kier alpha value is -1.20. The molecule has 0 aliphatic heterocycles. The first-order valence-corrected chi connectivity index (χ1v) is 6.44. The second-order valence-corrected chi connectivity index (χ2v) is 4.20. The quantitative estimate of drug-likeness (QED) is 0.700. The molecule has 0 fully saturated rings. The molecule has 0 heterocycles. The van der Waals surface area contributed by atoms with Crippen molar-refractivity contribution < 1.29 is 18.3 Å². The van der Waals surface area contributed by atoms with Gasteiger partial charge in [-0.1, -0.05) is 19.1 Å². The molecule has 1 rings (SSSR count). The topological polar surface area (TPSA) is 30.5 Å². The molecule has 0 amide bonds. The van der Waals surface area contributed by atoms with Gasteiger partial charge in [-0.25, -0.2) is 0 Å². The van der Waals surface area contributed by atoms with Crippen molar-refractivity contribution in [1.29, 1.82) is 0 Å². The zero-order valence-corrected chi connectivity index (χ0v) is 11.4. The van der Waals surface area contributed by atoms with Gasteiger partial charge in [0.2, 0.25) is 0 Å². The molecule has 0 aliphatic rings. The van der Waals surface area contributed by atoms with Gasteiger partial charge >= 0.3 is 6.61 Å². The van der Waals surface area contributed by atoms with Crippen LogP contribution < -0.4 is 10.1 Å². The highest BCUT2D eigenvalue weighted by molar-refractivity contribution is 5.30. The lowest BCUT2D eigenvalue weighted by Gasteiger charge is -2.19. The van der Waals surface area contributed by atoms with Crippen molar-refractivity contribution in [3.05, 3.63) is 29.8 Å². The van der Waals surface area contributed by atoms with Crippen molar-refractivity contribution in [3.63, 3.8) is 0 Å². The average molecular weight is 273 g/mol. The number of benzene rings is 1. The van der Waals surface area contributed by atoms with E-state index in [4.69, 9.17) is 4.74 Å². The minimum Gasteiger partial charge on any atom is -0.435 e. The van der Waals surface area contributed by atoms with Crippen LogP contribution in [0, 0.1) is 0 Å². The van der Waals surface area contributed by atoms with Crippen molar-refractivity contribution in [2.24, 2.45) is 0 Å². The molecule has 0 spiro atoms. The Bertz CT molecular complexity index is 361. The van der Waals surface area contributed by atoms with E-state index in [-0.39, 0.29) is 11.8 Å². The van der Waals surface area contributed by atoms with Crippen molar-refractivity contribution in [2.75, 3.05) is 20.3 Å². The van der Waals surface area contributed by atoms with Crippen molar-refractivity contribution >= 4 is 0 Å². The lowest BCUT2D eigenvalue weighted by molar-refractivity contribution is -0.0499. The summed E-state index contributed by atoms with van der Waals surface area (Å²) in [5.74, 6) is 0.196. The standard InChI is InChI=1S/C14H21F2NO2/c1-3-17-13(8-5-9-18-2)11-6-4-7-12(10-11)19-14(15)16/h4,6-7,10,13-14,17H,3,5,8-9H2,1-2H3. The molecule has 0 saturated carbocycles. The van der Waals surface area contributed by atoms with Crippen LogP contribution in [0.15, 0.2) is 24.3 Å². The molecule has 0 bridgehead atoms. The van der Waals surface area contributed by atoms with E-state index in [0.717, 1.165) is 24.9 Å². The summed E-state index contributed by atoms with van der Waals surface area (Å²) in [5, 5.41) is 3.34. The maximum Gasteiger partial charge on any atom is 0.387 e. The molecular weight excluding hydrogens is 252 g/mol. The van der Waals surface area contributed by atoms with Crippen LogP contribution in [0.4, 0.5) is 8.78 Å². The number of alkyl halides is 2. The minimum atomic E-state index is -2.79. The lowest BCUT2D eigenvalue weighted by atomic mass is 10.0. The van der Waals surface area contributed by atoms with Gasteiger partial charge in [0.05, 0.1) is 0 Å². The summed E-state index contributed by atoms with van der Waals surface area (Å²) in [4.78, 5) is 0. The van der Waals surface area contributed by atoms with E-state index in [1.807, 2.05) is 13.0 Å². The number of hydrogen-bond donors (Lipinski definition) is 1. The fourth-order valence-electron chi connectivity index (χ4n) is 1.97. The number of hydrogen-bond acceptors (Lipinski definition) is 3. The summed E-state index contributed by atoms with van der Waals surface area (Å²) in [5.41, 5.74) is 0.955. The van der Waals surface area contributed by atoms with E-state index < -0.39 is 6.61 Å². The molecule has 0 radical (unpaired) electrons. The maximum atomic E-state index is 12.2. The molecule has 19 heavy (non-hydrogen) atoms. The molecule has 1 N–H and O–H groups in total. The molecule has 1 unspecified atom stereocenters. The number of ether oxygens (including phenoxy) is 2. The van der Waals surface area contributed by atoms with E-state index in [1.165, 1.54) is 6.07 Å². The Morgan fingerprint density at radius 2 is 2.11 bits per heavy atom. The maximum absolute atomic E-state index is 12.2. The highest BCUT2D eigenvalue weighted by atomic mass is 19.3. The van der Waals surface area contributed by atoms with Gasteiger partial charge in [0.1, 0.15) is 5.75 Å². The molecule has 5 heteroatoms. The van der Waals surface area contributed by atoms with Gasteiger partial charge in [-0.3, -0.25) is 0 Å². The zero-order chi connectivity index (χ0) is 14.1. The summed E-state index contributed by atoms with van der Waals surface area (Å²) >= 11 is 0.